The Labute approximate surface area is 203 Å². The minimum absolute atomic E-state index is 0.0474. The first-order valence-corrected chi connectivity index (χ1v) is 12.8. The lowest BCUT2D eigenvalue weighted by Gasteiger charge is -2.38. The molecule has 13 nitrogen and oxygen atoms in total. The van der Waals surface area contributed by atoms with Gasteiger partial charge in [0.15, 0.2) is 5.82 Å². The van der Waals surface area contributed by atoms with Gasteiger partial charge >= 0.3 is 6.01 Å². The van der Waals surface area contributed by atoms with Crippen molar-refractivity contribution in [3.8, 4) is 17.4 Å². The molecule has 4 heterocycles. The molecular formula is C21H28N10O3S. The standard InChI is InChI=1S/C21H28N10O3S/c1-13-11-31(35(4,32)33)6-5-30(13)12-15-7-17(19-26-14(2)27-20(22)29-19)18(23-8-15)28-16-9-24-21(34-3)25-10-16/h7-10,13H,5-6,11-12H2,1-4H3,(H,23,28)(H2,22,26,27,29). The van der Waals surface area contributed by atoms with Crippen molar-refractivity contribution in [3.05, 3.63) is 36.0 Å². The Hall–Kier alpha value is -3.49. The van der Waals surface area contributed by atoms with E-state index in [4.69, 9.17) is 10.5 Å². The van der Waals surface area contributed by atoms with Crippen LogP contribution >= 0.6 is 0 Å². The van der Waals surface area contributed by atoms with Gasteiger partial charge in [-0.05, 0) is 25.5 Å². The van der Waals surface area contributed by atoms with Gasteiger partial charge in [-0.2, -0.15) is 14.3 Å². The van der Waals surface area contributed by atoms with Gasteiger partial charge in [0.25, 0.3) is 0 Å². The van der Waals surface area contributed by atoms with Crippen molar-refractivity contribution in [2.45, 2.75) is 26.4 Å². The smallest absolute Gasteiger partial charge is 0.316 e. The fourth-order valence-electron chi connectivity index (χ4n) is 3.84. The number of pyridine rings is 1. The number of aromatic nitrogens is 6. The van der Waals surface area contributed by atoms with Crippen molar-refractivity contribution < 1.29 is 13.2 Å². The van der Waals surface area contributed by atoms with E-state index in [0.717, 1.165) is 5.56 Å². The third kappa shape index (κ3) is 5.96. The van der Waals surface area contributed by atoms with Crippen LogP contribution in [0.1, 0.15) is 18.3 Å². The van der Waals surface area contributed by atoms with Crippen LogP contribution in [0.4, 0.5) is 17.5 Å². The normalized spacial score (nSPS) is 17.3. The van der Waals surface area contributed by atoms with E-state index in [0.29, 0.717) is 54.9 Å². The lowest BCUT2D eigenvalue weighted by molar-refractivity contribution is 0.122. The number of ether oxygens (including phenoxy) is 1. The molecule has 1 aliphatic rings. The van der Waals surface area contributed by atoms with Crippen LogP contribution in [0.3, 0.4) is 0 Å². The zero-order valence-corrected chi connectivity index (χ0v) is 20.8. The van der Waals surface area contributed by atoms with Crippen molar-refractivity contribution in [2.75, 3.05) is 44.1 Å². The van der Waals surface area contributed by atoms with Crippen molar-refractivity contribution >= 4 is 27.5 Å². The fourth-order valence-corrected chi connectivity index (χ4v) is 4.74. The van der Waals surface area contributed by atoms with Gasteiger partial charge in [0.2, 0.25) is 16.0 Å². The highest BCUT2D eigenvalue weighted by Gasteiger charge is 2.29. The minimum Gasteiger partial charge on any atom is -0.467 e. The van der Waals surface area contributed by atoms with Crippen LogP contribution < -0.4 is 15.8 Å². The highest BCUT2D eigenvalue weighted by atomic mass is 32.2. The van der Waals surface area contributed by atoms with E-state index < -0.39 is 10.0 Å². The van der Waals surface area contributed by atoms with E-state index >= 15 is 0 Å². The number of anilines is 3. The van der Waals surface area contributed by atoms with Gasteiger partial charge < -0.3 is 15.8 Å². The van der Waals surface area contributed by atoms with Crippen LogP contribution in [0.25, 0.3) is 11.4 Å². The number of nitrogen functional groups attached to an aromatic ring is 1. The SMILES string of the molecule is COc1ncc(Nc2ncc(CN3CCN(S(C)(=O)=O)CC3C)cc2-c2nc(C)nc(N)n2)cn1. The highest BCUT2D eigenvalue weighted by molar-refractivity contribution is 7.88. The maximum atomic E-state index is 11.9. The molecule has 3 aromatic rings. The zero-order valence-electron chi connectivity index (χ0n) is 20.0. The molecule has 1 unspecified atom stereocenters. The third-order valence-corrected chi connectivity index (χ3v) is 6.88. The molecule has 0 aliphatic carbocycles. The molecule has 3 aromatic heterocycles. The highest BCUT2D eigenvalue weighted by Crippen LogP contribution is 2.28. The van der Waals surface area contributed by atoms with Gasteiger partial charge in [-0.15, -0.1) is 0 Å². The summed E-state index contributed by atoms with van der Waals surface area (Å²) >= 11 is 0. The van der Waals surface area contributed by atoms with Crippen molar-refractivity contribution in [3.63, 3.8) is 0 Å². The maximum Gasteiger partial charge on any atom is 0.316 e. The monoisotopic (exact) mass is 500 g/mol. The molecule has 14 heteroatoms. The lowest BCUT2D eigenvalue weighted by Crippen LogP contribution is -2.52. The van der Waals surface area contributed by atoms with Crippen molar-refractivity contribution in [1.29, 1.82) is 0 Å². The molecule has 4 rings (SSSR count). The van der Waals surface area contributed by atoms with E-state index in [1.807, 2.05) is 13.0 Å². The molecular weight excluding hydrogens is 472 g/mol. The average Bonchev–Trinajstić information content (AvgIpc) is 2.80. The van der Waals surface area contributed by atoms with E-state index in [2.05, 4.69) is 40.1 Å². The molecule has 1 aliphatic heterocycles. The van der Waals surface area contributed by atoms with Crippen LogP contribution in [0.5, 0.6) is 6.01 Å². The number of aryl methyl sites for hydroxylation is 1. The Bertz CT molecular complexity index is 1280. The predicted molar refractivity (Wildman–Crippen MR) is 130 cm³/mol. The Morgan fingerprint density at radius 3 is 2.51 bits per heavy atom. The summed E-state index contributed by atoms with van der Waals surface area (Å²) in [7, 11) is -1.72. The second-order valence-corrected chi connectivity index (χ2v) is 10.3. The number of sulfonamides is 1. The first kappa shape index (κ1) is 24.6. The van der Waals surface area contributed by atoms with Gasteiger partial charge in [0.05, 0.1) is 37.0 Å². The first-order chi connectivity index (χ1) is 16.6. The van der Waals surface area contributed by atoms with E-state index in [1.54, 1.807) is 25.5 Å². The Morgan fingerprint density at radius 1 is 1.14 bits per heavy atom. The summed E-state index contributed by atoms with van der Waals surface area (Å²) in [5.41, 5.74) is 8.06. The molecule has 0 spiro atoms. The minimum atomic E-state index is -3.21. The van der Waals surface area contributed by atoms with Gasteiger partial charge in [-0.1, -0.05) is 0 Å². The molecule has 0 radical (unpaired) electrons. The summed E-state index contributed by atoms with van der Waals surface area (Å²) in [6, 6.07) is 2.25. The molecule has 0 aromatic carbocycles. The topological polar surface area (TPSA) is 165 Å². The van der Waals surface area contributed by atoms with E-state index in [1.165, 1.54) is 17.7 Å². The quantitative estimate of drug-likeness (QED) is 0.470. The molecule has 0 amide bonds. The number of nitrogens with two attached hydrogens (primary N) is 1. The fraction of sp³-hybridized carbons (Fsp3) is 0.429. The number of nitrogens with one attached hydrogen (secondary N) is 1. The Morgan fingerprint density at radius 2 is 1.89 bits per heavy atom. The van der Waals surface area contributed by atoms with Crippen LogP contribution in [-0.4, -0.2) is 86.6 Å². The molecule has 1 atom stereocenters. The number of methoxy groups -OCH3 is 1. The lowest BCUT2D eigenvalue weighted by atomic mass is 10.1. The molecule has 35 heavy (non-hydrogen) atoms. The van der Waals surface area contributed by atoms with Crippen LogP contribution in [0, 0.1) is 6.92 Å². The Balaban J connectivity index is 1.63. The molecule has 0 saturated carbocycles. The number of nitrogens with zero attached hydrogens (tertiary/aromatic N) is 8. The summed E-state index contributed by atoms with van der Waals surface area (Å²) in [6.45, 7) is 5.85. The van der Waals surface area contributed by atoms with Crippen molar-refractivity contribution in [1.82, 2.24) is 39.1 Å². The van der Waals surface area contributed by atoms with E-state index in [9.17, 15) is 8.42 Å². The van der Waals surface area contributed by atoms with Gasteiger partial charge in [0.1, 0.15) is 11.6 Å². The Kier molecular flexibility index (Phi) is 7.05. The van der Waals surface area contributed by atoms with Crippen LogP contribution in [0.2, 0.25) is 0 Å². The third-order valence-electron chi connectivity index (χ3n) is 5.61. The summed E-state index contributed by atoms with van der Waals surface area (Å²) in [5.74, 6) is 1.49. The average molecular weight is 501 g/mol. The molecule has 3 N–H and O–H groups in total. The zero-order chi connectivity index (χ0) is 25.2. The van der Waals surface area contributed by atoms with Crippen LogP contribution in [-0.2, 0) is 16.6 Å². The number of piperazine rings is 1. The van der Waals surface area contributed by atoms with Gasteiger partial charge in [0, 0.05) is 38.4 Å². The number of hydrogen-bond acceptors (Lipinski definition) is 12. The first-order valence-electron chi connectivity index (χ1n) is 10.9. The maximum absolute atomic E-state index is 11.9. The van der Waals surface area contributed by atoms with E-state index in [-0.39, 0.29) is 18.0 Å². The number of hydrogen-bond donors (Lipinski definition) is 2. The second kappa shape index (κ2) is 10.0. The van der Waals surface area contributed by atoms with Crippen LogP contribution in [0.15, 0.2) is 24.7 Å². The summed E-state index contributed by atoms with van der Waals surface area (Å²) in [5, 5.41) is 3.20. The van der Waals surface area contributed by atoms with Gasteiger partial charge in [-0.25, -0.2) is 28.4 Å². The summed E-state index contributed by atoms with van der Waals surface area (Å²) in [4.78, 5) is 27.9. The predicted octanol–water partition coefficient (Wildman–Crippen LogP) is 0.832. The molecule has 186 valence electrons. The molecule has 1 saturated heterocycles. The van der Waals surface area contributed by atoms with Crippen molar-refractivity contribution in [2.24, 2.45) is 0 Å². The number of rotatable bonds is 7. The molecule has 1 fully saturated rings. The largest absolute Gasteiger partial charge is 0.467 e. The van der Waals surface area contributed by atoms with Gasteiger partial charge in [-0.3, -0.25) is 4.90 Å². The second-order valence-electron chi connectivity index (χ2n) is 8.33. The molecule has 0 bridgehead atoms. The summed E-state index contributed by atoms with van der Waals surface area (Å²) in [6.07, 6.45) is 6.18. The summed E-state index contributed by atoms with van der Waals surface area (Å²) < 4.78 is 30.4.